The van der Waals surface area contributed by atoms with Gasteiger partial charge < -0.3 is 24.6 Å². The molecular weight excluding hydrogens is 330 g/mol. The van der Waals surface area contributed by atoms with Gasteiger partial charge in [0.2, 0.25) is 5.91 Å². The molecule has 2 saturated heterocycles. The van der Waals surface area contributed by atoms with Gasteiger partial charge in [-0.1, -0.05) is 37.3 Å². The molecule has 0 aliphatic carbocycles. The molecule has 1 aromatic carbocycles. The number of thioether (sulfide) groups is 1. The van der Waals surface area contributed by atoms with Gasteiger partial charge in [-0.25, -0.2) is 0 Å². The van der Waals surface area contributed by atoms with Crippen LogP contribution in [0.4, 0.5) is 0 Å². The van der Waals surface area contributed by atoms with E-state index in [1.807, 2.05) is 37.3 Å². The van der Waals surface area contributed by atoms with Crippen molar-refractivity contribution in [3.05, 3.63) is 35.9 Å². The molecule has 24 heavy (non-hydrogen) atoms. The highest BCUT2D eigenvalue weighted by Gasteiger charge is 2.49. The third kappa shape index (κ3) is 3.75. The van der Waals surface area contributed by atoms with Gasteiger partial charge in [-0.2, -0.15) is 0 Å². The Labute approximate surface area is 145 Å². The summed E-state index contributed by atoms with van der Waals surface area (Å²) in [5.74, 6) is 0.619. The quantitative estimate of drug-likeness (QED) is 0.853. The Hall–Kier alpha value is -1.12. The fraction of sp³-hybridized carbons (Fsp3) is 0.588. The summed E-state index contributed by atoms with van der Waals surface area (Å²) in [6.45, 7) is 3.79. The molecule has 132 valence electrons. The first-order valence-electron chi connectivity index (χ1n) is 8.14. The largest absolute Gasteiger partial charge is 0.388 e. The number of nitrogens with one attached hydrogen (secondary N) is 1. The van der Waals surface area contributed by atoms with Crippen LogP contribution < -0.4 is 5.32 Å². The molecule has 3 rings (SSSR count). The van der Waals surface area contributed by atoms with Crippen molar-refractivity contribution >= 4 is 17.7 Å². The molecule has 6 atom stereocenters. The van der Waals surface area contributed by atoms with Crippen molar-refractivity contribution in [3.8, 4) is 0 Å². The van der Waals surface area contributed by atoms with Gasteiger partial charge in [0.05, 0.1) is 12.6 Å². The summed E-state index contributed by atoms with van der Waals surface area (Å²) in [5, 5.41) is 13.6. The topological polar surface area (TPSA) is 77.0 Å². The Morgan fingerprint density at radius 1 is 1.33 bits per heavy atom. The second-order valence-corrected chi connectivity index (χ2v) is 7.27. The summed E-state index contributed by atoms with van der Waals surface area (Å²) >= 11 is 1.55. The smallest absolute Gasteiger partial charge is 0.217 e. The monoisotopic (exact) mass is 353 g/mol. The number of aliphatic hydroxyl groups is 1. The molecule has 0 unspecified atom stereocenters. The Bertz CT molecular complexity index is 557. The second kappa shape index (κ2) is 7.84. The van der Waals surface area contributed by atoms with Gasteiger partial charge in [0, 0.05) is 12.5 Å². The molecule has 0 spiro atoms. The summed E-state index contributed by atoms with van der Waals surface area (Å²) in [6.07, 6.45) is -2.30. The maximum absolute atomic E-state index is 11.5. The third-order valence-electron chi connectivity index (χ3n) is 4.14. The van der Waals surface area contributed by atoms with Gasteiger partial charge in [0.1, 0.15) is 23.7 Å². The summed E-state index contributed by atoms with van der Waals surface area (Å²) in [4.78, 5) is 11.5. The van der Waals surface area contributed by atoms with Crippen LogP contribution in [0.1, 0.15) is 25.7 Å². The summed E-state index contributed by atoms with van der Waals surface area (Å²) < 4.78 is 17.8. The number of carbonyl (C=O) groups excluding carboxylic acids is 1. The molecule has 2 fully saturated rings. The maximum Gasteiger partial charge on any atom is 0.217 e. The van der Waals surface area contributed by atoms with E-state index in [4.69, 9.17) is 14.2 Å². The number of carbonyl (C=O) groups is 1. The van der Waals surface area contributed by atoms with Gasteiger partial charge in [-0.15, -0.1) is 11.8 Å². The van der Waals surface area contributed by atoms with Crippen LogP contribution in [0.3, 0.4) is 0 Å². The van der Waals surface area contributed by atoms with Crippen LogP contribution in [-0.2, 0) is 19.0 Å². The molecule has 2 aliphatic rings. The van der Waals surface area contributed by atoms with E-state index in [0.29, 0.717) is 6.61 Å². The van der Waals surface area contributed by atoms with Crippen molar-refractivity contribution in [1.29, 1.82) is 0 Å². The third-order valence-corrected chi connectivity index (χ3v) is 5.20. The average molecular weight is 353 g/mol. The van der Waals surface area contributed by atoms with Crippen LogP contribution in [0.15, 0.2) is 30.3 Å². The Kier molecular flexibility index (Phi) is 5.78. The van der Waals surface area contributed by atoms with Gasteiger partial charge in [0.15, 0.2) is 6.29 Å². The second-order valence-electron chi connectivity index (χ2n) is 5.89. The number of hydrogen-bond acceptors (Lipinski definition) is 6. The number of aliphatic hydroxyl groups excluding tert-OH is 1. The predicted octanol–water partition coefficient (Wildman–Crippen LogP) is 1.44. The molecule has 2 heterocycles. The normalized spacial score (nSPS) is 36.0. The minimum absolute atomic E-state index is 0.200. The highest BCUT2D eigenvalue weighted by molar-refractivity contribution is 7.99. The first-order chi connectivity index (χ1) is 11.6. The lowest BCUT2D eigenvalue weighted by Crippen LogP contribution is -2.65. The van der Waals surface area contributed by atoms with E-state index in [1.54, 1.807) is 11.8 Å². The summed E-state index contributed by atoms with van der Waals surface area (Å²) in [5.41, 5.74) is 0.569. The molecule has 1 aromatic rings. The molecule has 1 amide bonds. The highest BCUT2D eigenvalue weighted by Crippen LogP contribution is 2.36. The van der Waals surface area contributed by atoms with Crippen LogP contribution in [0.2, 0.25) is 0 Å². The first-order valence-corrected chi connectivity index (χ1v) is 9.19. The highest BCUT2D eigenvalue weighted by atomic mass is 32.2. The van der Waals surface area contributed by atoms with Gasteiger partial charge in [-0.3, -0.25) is 4.79 Å². The standard InChI is InChI=1S/C17H23NO5S/c1-3-24-17-13(18-10(2)19)14(20)15-12(22-17)9-21-16(23-15)11-7-5-4-6-8-11/h4-8,12-17,20H,3,9H2,1-2H3,(H,18,19)/t12-,13+,14+,15+,16-,17-/m1/s1. The van der Waals surface area contributed by atoms with E-state index in [1.165, 1.54) is 6.92 Å². The summed E-state index contributed by atoms with van der Waals surface area (Å²) in [7, 11) is 0. The Balaban J connectivity index is 1.76. The molecule has 0 aromatic heterocycles. The van der Waals surface area contributed by atoms with Crippen LogP contribution in [0.5, 0.6) is 0 Å². The zero-order chi connectivity index (χ0) is 17.1. The molecule has 2 aliphatic heterocycles. The van der Waals surface area contributed by atoms with Crippen molar-refractivity contribution in [2.75, 3.05) is 12.4 Å². The lowest BCUT2D eigenvalue weighted by Gasteiger charge is -2.47. The molecule has 2 N–H and O–H groups in total. The molecule has 0 bridgehead atoms. The number of rotatable bonds is 4. The lowest BCUT2D eigenvalue weighted by atomic mass is 9.96. The van der Waals surface area contributed by atoms with Crippen LogP contribution in [0, 0.1) is 0 Å². The molecular formula is C17H23NO5S. The minimum Gasteiger partial charge on any atom is -0.388 e. The van der Waals surface area contributed by atoms with E-state index in [-0.39, 0.29) is 17.4 Å². The average Bonchev–Trinajstić information content (AvgIpc) is 2.59. The number of ether oxygens (including phenoxy) is 3. The number of hydrogen-bond donors (Lipinski definition) is 2. The van der Waals surface area contributed by atoms with Crippen molar-refractivity contribution in [2.45, 2.75) is 49.9 Å². The van der Waals surface area contributed by atoms with Crippen LogP contribution >= 0.6 is 11.8 Å². The van der Waals surface area contributed by atoms with Crippen molar-refractivity contribution in [1.82, 2.24) is 5.32 Å². The Morgan fingerprint density at radius 3 is 2.75 bits per heavy atom. The fourth-order valence-corrected chi connectivity index (χ4v) is 4.05. The van der Waals surface area contributed by atoms with Crippen molar-refractivity contribution < 1.29 is 24.1 Å². The number of benzene rings is 1. The summed E-state index contributed by atoms with van der Waals surface area (Å²) in [6, 6.07) is 9.08. The SMILES string of the molecule is CCS[C@H]1O[C@@H]2CO[C@@H](c3ccccc3)O[C@@H]2[C@@H](O)[C@@H]1NC(C)=O. The van der Waals surface area contributed by atoms with Gasteiger partial charge in [0.25, 0.3) is 0 Å². The predicted molar refractivity (Wildman–Crippen MR) is 90.4 cm³/mol. The first kappa shape index (κ1) is 17.7. The zero-order valence-electron chi connectivity index (χ0n) is 13.8. The maximum atomic E-state index is 11.5. The molecule has 7 heteroatoms. The van der Waals surface area contributed by atoms with E-state index >= 15 is 0 Å². The number of fused-ring (bicyclic) bond motifs is 1. The van der Waals surface area contributed by atoms with E-state index in [9.17, 15) is 9.90 Å². The van der Waals surface area contributed by atoms with E-state index < -0.39 is 24.5 Å². The van der Waals surface area contributed by atoms with E-state index in [0.717, 1.165) is 11.3 Å². The Morgan fingerprint density at radius 2 is 2.08 bits per heavy atom. The van der Waals surface area contributed by atoms with Crippen LogP contribution in [-0.4, -0.2) is 53.2 Å². The molecule has 6 nitrogen and oxygen atoms in total. The lowest BCUT2D eigenvalue weighted by molar-refractivity contribution is -0.306. The number of amides is 1. The van der Waals surface area contributed by atoms with Crippen molar-refractivity contribution in [3.63, 3.8) is 0 Å². The van der Waals surface area contributed by atoms with Gasteiger partial charge in [-0.05, 0) is 5.75 Å². The molecule has 0 saturated carbocycles. The molecule has 0 radical (unpaired) electrons. The van der Waals surface area contributed by atoms with Crippen LogP contribution in [0.25, 0.3) is 0 Å². The zero-order valence-corrected chi connectivity index (χ0v) is 14.6. The fourth-order valence-electron chi connectivity index (χ4n) is 3.07. The van der Waals surface area contributed by atoms with Gasteiger partial charge >= 0.3 is 0 Å². The minimum atomic E-state index is -0.855. The van der Waals surface area contributed by atoms with Crippen molar-refractivity contribution in [2.24, 2.45) is 0 Å². The van der Waals surface area contributed by atoms with E-state index in [2.05, 4.69) is 5.32 Å².